The van der Waals surface area contributed by atoms with E-state index in [0.29, 0.717) is 30.5 Å². The van der Waals surface area contributed by atoms with Gasteiger partial charge < -0.3 is 15.5 Å². The average Bonchev–Trinajstić information content (AvgIpc) is 3.17. The van der Waals surface area contributed by atoms with E-state index in [2.05, 4.69) is 20.3 Å². The van der Waals surface area contributed by atoms with E-state index >= 15 is 0 Å². The fourth-order valence-corrected chi connectivity index (χ4v) is 5.08. The molecule has 0 spiro atoms. The minimum atomic E-state index is -4.21. The minimum Gasteiger partial charge on any atom is -0.367 e. The van der Waals surface area contributed by atoms with Crippen LogP contribution >= 0.6 is 22.9 Å². The molecule has 1 saturated heterocycles. The number of nitrogens with zero attached hydrogens (tertiary/aromatic N) is 2. The number of nitrogens with one attached hydrogen (secondary N) is 3. The van der Waals surface area contributed by atoms with Crippen LogP contribution in [-0.4, -0.2) is 39.6 Å². The zero-order valence-corrected chi connectivity index (χ0v) is 18.6. The SMILES string of the molecule is CNC1CN(c2cc(F)ccc2Nc2cc(F)c(S(=O)(=O)Nc3cscn3)cc2Cl)C1. The molecule has 0 amide bonds. The van der Waals surface area contributed by atoms with Gasteiger partial charge in [-0.1, -0.05) is 11.6 Å². The van der Waals surface area contributed by atoms with Crippen LogP contribution in [-0.2, 0) is 10.0 Å². The Morgan fingerprint density at radius 3 is 2.65 bits per heavy atom. The summed E-state index contributed by atoms with van der Waals surface area (Å²) in [4.78, 5) is 5.20. The molecule has 0 bridgehead atoms. The van der Waals surface area contributed by atoms with E-state index in [9.17, 15) is 17.2 Å². The van der Waals surface area contributed by atoms with Gasteiger partial charge in [0.05, 0.1) is 27.6 Å². The lowest BCUT2D eigenvalue weighted by atomic mass is 10.1. The van der Waals surface area contributed by atoms with Crippen molar-refractivity contribution in [1.82, 2.24) is 10.3 Å². The number of aromatic nitrogens is 1. The van der Waals surface area contributed by atoms with Gasteiger partial charge in [0.25, 0.3) is 10.0 Å². The van der Waals surface area contributed by atoms with Gasteiger partial charge in [0.15, 0.2) is 5.82 Å². The van der Waals surface area contributed by atoms with Crippen LogP contribution in [0.15, 0.2) is 46.1 Å². The van der Waals surface area contributed by atoms with E-state index in [1.165, 1.54) is 40.4 Å². The van der Waals surface area contributed by atoms with Gasteiger partial charge in [-0.15, -0.1) is 11.3 Å². The Labute approximate surface area is 187 Å². The van der Waals surface area contributed by atoms with E-state index < -0.39 is 26.6 Å². The van der Waals surface area contributed by atoms with Crippen LogP contribution < -0.4 is 20.3 Å². The molecule has 2 aromatic carbocycles. The lowest BCUT2D eigenvalue weighted by Crippen LogP contribution is -2.57. The molecule has 3 N–H and O–H groups in total. The molecule has 1 aromatic heterocycles. The average molecular weight is 486 g/mol. The van der Waals surface area contributed by atoms with Gasteiger partial charge in [-0.2, -0.15) is 0 Å². The first-order chi connectivity index (χ1) is 14.8. The van der Waals surface area contributed by atoms with Crippen LogP contribution in [0.25, 0.3) is 0 Å². The van der Waals surface area contributed by atoms with E-state index in [0.717, 1.165) is 12.1 Å². The second-order valence-corrected chi connectivity index (χ2v) is 9.70. The van der Waals surface area contributed by atoms with Gasteiger partial charge in [0, 0.05) is 30.6 Å². The van der Waals surface area contributed by atoms with Crippen molar-refractivity contribution >= 4 is 55.8 Å². The molecule has 12 heteroatoms. The van der Waals surface area contributed by atoms with Crippen molar-refractivity contribution in [2.45, 2.75) is 10.9 Å². The maximum Gasteiger partial charge on any atom is 0.266 e. The van der Waals surface area contributed by atoms with Crippen molar-refractivity contribution in [3.63, 3.8) is 0 Å². The molecule has 0 radical (unpaired) electrons. The summed E-state index contributed by atoms with van der Waals surface area (Å²) in [5.41, 5.74) is 2.73. The predicted molar refractivity (Wildman–Crippen MR) is 119 cm³/mol. The Balaban J connectivity index is 1.61. The second kappa shape index (κ2) is 8.58. The monoisotopic (exact) mass is 485 g/mol. The summed E-state index contributed by atoms with van der Waals surface area (Å²) in [6.07, 6.45) is 0. The Bertz CT molecular complexity index is 1200. The lowest BCUT2D eigenvalue weighted by molar-refractivity contribution is 0.450. The molecule has 2 heterocycles. The largest absolute Gasteiger partial charge is 0.367 e. The lowest BCUT2D eigenvalue weighted by Gasteiger charge is -2.41. The number of benzene rings is 2. The fourth-order valence-electron chi connectivity index (χ4n) is 3.16. The highest BCUT2D eigenvalue weighted by Crippen LogP contribution is 2.36. The Morgan fingerprint density at radius 1 is 1.19 bits per heavy atom. The van der Waals surface area contributed by atoms with E-state index in [1.54, 1.807) is 0 Å². The molecular formula is C19H18ClF2N5O2S2. The van der Waals surface area contributed by atoms with Gasteiger partial charge >= 0.3 is 0 Å². The Hall–Kier alpha value is -2.47. The number of halogens is 3. The molecule has 1 fully saturated rings. The number of sulfonamides is 1. The summed E-state index contributed by atoms with van der Waals surface area (Å²) in [6.45, 7) is 1.38. The molecule has 0 saturated carbocycles. The Morgan fingerprint density at radius 2 is 1.97 bits per heavy atom. The molecule has 1 aliphatic heterocycles. The smallest absolute Gasteiger partial charge is 0.266 e. The van der Waals surface area contributed by atoms with Gasteiger partial charge in [-0.3, -0.25) is 4.72 Å². The first-order valence-corrected chi connectivity index (χ1v) is 12.0. The summed E-state index contributed by atoms with van der Waals surface area (Å²) in [7, 11) is -2.36. The van der Waals surface area contributed by atoms with Gasteiger partial charge in [-0.05, 0) is 31.3 Å². The third-order valence-electron chi connectivity index (χ3n) is 4.84. The van der Waals surface area contributed by atoms with E-state index in [1.807, 2.05) is 11.9 Å². The predicted octanol–water partition coefficient (Wildman–Crippen LogP) is 4.03. The van der Waals surface area contributed by atoms with Gasteiger partial charge in [-0.25, -0.2) is 22.2 Å². The molecule has 3 aromatic rings. The number of thiazole rings is 1. The quantitative estimate of drug-likeness (QED) is 0.468. The van der Waals surface area contributed by atoms with Crippen LogP contribution in [0, 0.1) is 11.6 Å². The maximum atomic E-state index is 14.7. The van der Waals surface area contributed by atoms with Crippen molar-refractivity contribution < 1.29 is 17.2 Å². The molecule has 31 heavy (non-hydrogen) atoms. The highest BCUT2D eigenvalue weighted by Gasteiger charge is 2.28. The van der Waals surface area contributed by atoms with Crippen molar-refractivity contribution in [2.75, 3.05) is 35.1 Å². The number of hydrogen-bond acceptors (Lipinski definition) is 7. The molecular weight excluding hydrogens is 468 g/mol. The molecule has 0 unspecified atom stereocenters. The second-order valence-electron chi connectivity index (χ2n) is 6.92. The number of anilines is 4. The van der Waals surface area contributed by atoms with Crippen molar-refractivity contribution in [3.05, 3.63) is 57.9 Å². The molecule has 0 aliphatic carbocycles. The van der Waals surface area contributed by atoms with E-state index in [-0.39, 0.29) is 16.5 Å². The summed E-state index contributed by atoms with van der Waals surface area (Å²) in [6, 6.07) is 6.51. The first-order valence-electron chi connectivity index (χ1n) is 9.15. The Kier molecular flexibility index (Phi) is 6.02. The van der Waals surface area contributed by atoms with Crippen molar-refractivity contribution in [1.29, 1.82) is 0 Å². The molecule has 4 rings (SSSR count). The first kappa shape index (κ1) is 21.8. The molecule has 164 valence electrons. The van der Waals surface area contributed by atoms with Gasteiger partial charge in [0.2, 0.25) is 0 Å². The molecule has 7 nitrogen and oxygen atoms in total. The highest BCUT2D eigenvalue weighted by atomic mass is 35.5. The highest BCUT2D eigenvalue weighted by molar-refractivity contribution is 7.92. The zero-order valence-electron chi connectivity index (χ0n) is 16.2. The number of rotatable bonds is 7. The standard InChI is InChI=1S/C19H18ClF2N5O2S2/c1-23-12-7-27(8-12)17-4-11(21)2-3-15(17)25-16-6-14(22)18(5-13(16)20)31(28,29)26-19-9-30-10-24-19/h2-6,9-10,12,23,25-26H,7-8H2,1H3. The summed E-state index contributed by atoms with van der Waals surface area (Å²) in [5, 5.41) is 7.61. The summed E-state index contributed by atoms with van der Waals surface area (Å²) in [5.74, 6) is -1.30. The van der Waals surface area contributed by atoms with Crippen LogP contribution in [0.5, 0.6) is 0 Å². The summed E-state index contributed by atoms with van der Waals surface area (Å²) >= 11 is 7.46. The minimum absolute atomic E-state index is 0.00737. The van der Waals surface area contributed by atoms with E-state index in [4.69, 9.17) is 11.6 Å². The van der Waals surface area contributed by atoms with Crippen LogP contribution in [0.2, 0.25) is 5.02 Å². The van der Waals surface area contributed by atoms with Crippen molar-refractivity contribution in [3.8, 4) is 0 Å². The summed E-state index contributed by atoms with van der Waals surface area (Å²) < 4.78 is 55.8. The topological polar surface area (TPSA) is 86.4 Å². The van der Waals surface area contributed by atoms with Gasteiger partial charge in [0.1, 0.15) is 16.5 Å². The zero-order chi connectivity index (χ0) is 22.2. The normalized spacial score (nSPS) is 14.4. The number of hydrogen-bond donors (Lipinski definition) is 3. The van der Waals surface area contributed by atoms with Crippen LogP contribution in [0.4, 0.5) is 31.7 Å². The van der Waals surface area contributed by atoms with Crippen molar-refractivity contribution in [2.24, 2.45) is 0 Å². The fraction of sp³-hybridized carbons (Fsp3) is 0.211. The third kappa shape index (κ3) is 4.59. The third-order valence-corrected chi connectivity index (χ3v) is 7.11. The van der Waals surface area contributed by atoms with Crippen LogP contribution in [0.1, 0.15) is 0 Å². The molecule has 1 aliphatic rings. The maximum absolute atomic E-state index is 14.7. The number of likely N-dealkylation sites (N-methyl/N-ethyl adjacent to an activating group) is 1. The molecule has 0 atom stereocenters. The van der Waals surface area contributed by atoms with Crippen LogP contribution in [0.3, 0.4) is 0 Å².